The summed E-state index contributed by atoms with van der Waals surface area (Å²) in [5.41, 5.74) is 3.94. The van der Waals surface area contributed by atoms with E-state index >= 15 is 0 Å². The summed E-state index contributed by atoms with van der Waals surface area (Å²) in [7, 11) is 2.01. The van der Waals surface area contributed by atoms with Crippen LogP contribution >= 0.6 is 22.9 Å². The van der Waals surface area contributed by atoms with Crippen LogP contribution in [-0.4, -0.2) is 7.05 Å². The van der Waals surface area contributed by atoms with Gasteiger partial charge in [-0.25, -0.2) is 0 Å². The monoisotopic (exact) mass is 301 g/mol. The van der Waals surface area contributed by atoms with E-state index in [-0.39, 0.29) is 6.04 Å². The minimum Gasteiger partial charge on any atom is -0.309 e. The molecule has 0 amide bonds. The van der Waals surface area contributed by atoms with E-state index in [1.165, 1.54) is 22.1 Å². The van der Waals surface area contributed by atoms with Gasteiger partial charge in [-0.3, -0.25) is 0 Å². The Kier molecular flexibility index (Phi) is 3.79. The summed E-state index contributed by atoms with van der Waals surface area (Å²) in [5, 5.41) is 11.0. The van der Waals surface area contributed by atoms with E-state index in [9.17, 15) is 0 Å². The molecule has 0 aliphatic heterocycles. The van der Waals surface area contributed by atoms with Crippen molar-refractivity contribution in [2.75, 3.05) is 7.05 Å². The highest BCUT2D eigenvalue weighted by Crippen LogP contribution is 2.34. The van der Waals surface area contributed by atoms with Crippen molar-refractivity contribution in [2.24, 2.45) is 0 Å². The van der Waals surface area contributed by atoms with Gasteiger partial charge in [0.15, 0.2) is 0 Å². The molecule has 0 fully saturated rings. The van der Waals surface area contributed by atoms with Gasteiger partial charge in [0.2, 0.25) is 0 Å². The maximum absolute atomic E-state index is 6.31. The third-order valence-electron chi connectivity index (χ3n) is 3.71. The van der Waals surface area contributed by atoms with Crippen molar-refractivity contribution in [3.63, 3.8) is 0 Å². The van der Waals surface area contributed by atoms with Gasteiger partial charge in [0.05, 0.1) is 6.04 Å². The zero-order chi connectivity index (χ0) is 14.1. The second-order valence-corrected chi connectivity index (χ2v) is 6.06. The molecule has 0 aliphatic carbocycles. The maximum atomic E-state index is 6.31. The molecule has 1 aromatic heterocycles. The van der Waals surface area contributed by atoms with Crippen molar-refractivity contribution in [2.45, 2.75) is 13.0 Å². The van der Waals surface area contributed by atoms with Gasteiger partial charge in [0, 0.05) is 10.4 Å². The standard InChI is InChI=1S/C17H16ClNS/c1-11-9-20-10-15(11)17(19-2)14-7-8-16(18)13-6-4-3-5-12(13)14/h3-10,17,19H,1-2H3. The third kappa shape index (κ3) is 2.24. The second kappa shape index (κ2) is 5.57. The van der Waals surface area contributed by atoms with E-state index in [2.05, 4.69) is 47.3 Å². The van der Waals surface area contributed by atoms with Gasteiger partial charge in [0.1, 0.15) is 0 Å². The van der Waals surface area contributed by atoms with Crippen LogP contribution in [0.4, 0.5) is 0 Å². The van der Waals surface area contributed by atoms with Gasteiger partial charge in [-0.05, 0) is 52.9 Å². The van der Waals surface area contributed by atoms with E-state index in [4.69, 9.17) is 11.6 Å². The van der Waals surface area contributed by atoms with Crippen LogP contribution < -0.4 is 5.32 Å². The summed E-state index contributed by atoms with van der Waals surface area (Å²) in [6, 6.07) is 12.6. The lowest BCUT2D eigenvalue weighted by molar-refractivity contribution is 0.695. The number of aryl methyl sites for hydroxylation is 1. The Bertz CT molecular complexity index is 748. The predicted octanol–water partition coefficient (Wildman–Crippen LogP) is 5.17. The molecule has 1 heterocycles. The Labute approximate surface area is 128 Å². The number of hydrogen-bond acceptors (Lipinski definition) is 2. The number of hydrogen-bond donors (Lipinski definition) is 1. The van der Waals surface area contributed by atoms with E-state index in [1.807, 2.05) is 19.2 Å². The molecular formula is C17H16ClNS. The van der Waals surface area contributed by atoms with E-state index in [1.54, 1.807) is 11.3 Å². The largest absolute Gasteiger partial charge is 0.309 e. The van der Waals surface area contributed by atoms with Crippen LogP contribution in [-0.2, 0) is 0 Å². The average molecular weight is 302 g/mol. The number of benzene rings is 2. The Hall–Kier alpha value is -1.35. The lowest BCUT2D eigenvalue weighted by Gasteiger charge is -2.19. The molecule has 2 aromatic carbocycles. The van der Waals surface area contributed by atoms with Crippen molar-refractivity contribution >= 4 is 33.7 Å². The van der Waals surface area contributed by atoms with Gasteiger partial charge in [-0.2, -0.15) is 11.3 Å². The first-order valence-corrected chi connectivity index (χ1v) is 7.91. The fraction of sp³-hybridized carbons (Fsp3) is 0.176. The van der Waals surface area contributed by atoms with Crippen LogP contribution in [0.1, 0.15) is 22.7 Å². The molecule has 3 heteroatoms. The zero-order valence-corrected chi connectivity index (χ0v) is 13.1. The van der Waals surface area contributed by atoms with Crippen molar-refractivity contribution < 1.29 is 0 Å². The van der Waals surface area contributed by atoms with Gasteiger partial charge >= 0.3 is 0 Å². The number of fused-ring (bicyclic) bond motifs is 1. The molecule has 1 N–H and O–H groups in total. The minimum absolute atomic E-state index is 0.198. The number of thiophene rings is 1. The molecule has 3 rings (SSSR count). The normalized spacial score (nSPS) is 12.8. The molecule has 0 saturated heterocycles. The molecule has 0 bridgehead atoms. The summed E-state index contributed by atoms with van der Waals surface area (Å²) >= 11 is 8.06. The van der Waals surface area contributed by atoms with Crippen molar-refractivity contribution in [3.05, 3.63) is 68.9 Å². The first-order chi connectivity index (χ1) is 9.72. The van der Waals surface area contributed by atoms with Gasteiger partial charge < -0.3 is 5.32 Å². The van der Waals surface area contributed by atoms with Crippen molar-refractivity contribution in [1.29, 1.82) is 0 Å². The average Bonchev–Trinajstić information content (AvgIpc) is 2.89. The number of halogens is 1. The van der Waals surface area contributed by atoms with Crippen LogP contribution in [0.25, 0.3) is 10.8 Å². The lowest BCUT2D eigenvalue weighted by atomic mass is 9.93. The summed E-state index contributed by atoms with van der Waals surface area (Å²) < 4.78 is 0. The van der Waals surface area contributed by atoms with Gasteiger partial charge in [-0.1, -0.05) is 41.9 Å². The Morgan fingerprint density at radius 3 is 2.40 bits per heavy atom. The van der Waals surface area contributed by atoms with E-state index in [0.29, 0.717) is 0 Å². The van der Waals surface area contributed by atoms with Crippen LogP contribution in [0.2, 0.25) is 5.02 Å². The molecular weight excluding hydrogens is 286 g/mol. The maximum Gasteiger partial charge on any atom is 0.0591 e. The van der Waals surface area contributed by atoms with E-state index < -0.39 is 0 Å². The quantitative estimate of drug-likeness (QED) is 0.703. The fourth-order valence-corrected chi connectivity index (χ4v) is 3.79. The lowest BCUT2D eigenvalue weighted by Crippen LogP contribution is -2.18. The molecule has 1 atom stereocenters. The van der Waals surface area contributed by atoms with Crippen LogP contribution in [0, 0.1) is 6.92 Å². The Balaban J connectivity index is 2.23. The molecule has 3 aromatic rings. The highest BCUT2D eigenvalue weighted by molar-refractivity contribution is 7.08. The predicted molar refractivity (Wildman–Crippen MR) is 88.9 cm³/mol. The second-order valence-electron chi connectivity index (χ2n) is 4.91. The summed E-state index contributed by atoms with van der Waals surface area (Å²) in [6.45, 7) is 2.16. The summed E-state index contributed by atoms with van der Waals surface area (Å²) in [4.78, 5) is 0. The van der Waals surface area contributed by atoms with E-state index in [0.717, 1.165) is 10.4 Å². The van der Waals surface area contributed by atoms with Crippen LogP contribution in [0.15, 0.2) is 47.2 Å². The summed E-state index contributed by atoms with van der Waals surface area (Å²) in [6.07, 6.45) is 0. The molecule has 20 heavy (non-hydrogen) atoms. The van der Waals surface area contributed by atoms with Crippen LogP contribution in [0.3, 0.4) is 0 Å². The van der Waals surface area contributed by atoms with Gasteiger partial charge in [-0.15, -0.1) is 0 Å². The van der Waals surface area contributed by atoms with Crippen LogP contribution in [0.5, 0.6) is 0 Å². The smallest absolute Gasteiger partial charge is 0.0591 e. The number of nitrogens with one attached hydrogen (secondary N) is 1. The fourth-order valence-electron chi connectivity index (χ4n) is 2.68. The molecule has 102 valence electrons. The first-order valence-electron chi connectivity index (χ1n) is 6.59. The molecule has 0 spiro atoms. The minimum atomic E-state index is 0.198. The first kappa shape index (κ1) is 13.6. The molecule has 0 radical (unpaired) electrons. The molecule has 0 saturated carbocycles. The molecule has 1 nitrogen and oxygen atoms in total. The Morgan fingerprint density at radius 1 is 1.00 bits per heavy atom. The third-order valence-corrected chi connectivity index (χ3v) is 4.92. The highest BCUT2D eigenvalue weighted by Gasteiger charge is 2.17. The zero-order valence-electron chi connectivity index (χ0n) is 11.5. The molecule has 0 aliphatic rings. The SMILES string of the molecule is CNC(c1cscc1C)c1ccc(Cl)c2ccccc12. The molecule has 1 unspecified atom stereocenters. The van der Waals surface area contributed by atoms with Crippen molar-refractivity contribution in [3.8, 4) is 0 Å². The highest BCUT2D eigenvalue weighted by atomic mass is 35.5. The van der Waals surface area contributed by atoms with Gasteiger partial charge in [0.25, 0.3) is 0 Å². The topological polar surface area (TPSA) is 12.0 Å². The summed E-state index contributed by atoms with van der Waals surface area (Å²) in [5.74, 6) is 0. The Morgan fingerprint density at radius 2 is 1.75 bits per heavy atom. The van der Waals surface area contributed by atoms with Crippen molar-refractivity contribution in [1.82, 2.24) is 5.32 Å². The number of rotatable bonds is 3.